The second kappa shape index (κ2) is 11.0. The molecule has 1 aliphatic carbocycles. The fraction of sp³-hybridized carbons (Fsp3) is 0.483. The Kier molecular flexibility index (Phi) is 7.55. The molecule has 2 amide bonds. The number of nitrogens with one attached hydrogen (secondary N) is 2. The molecule has 2 fully saturated rings. The van der Waals surface area contributed by atoms with Crippen LogP contribution in [0.2, 0.25) is 0 Å². The van der Waals surface area contributed by atoms with Crippen LogP contribution in [0.1, 0.15) is 63.5 Å². The van der Waals surface area contributed by atoms with Crippen molar-refractivity contribution in [2.45, 2.75) is 70.0 Å². The van der Waals surface area contributed by atoms with Gasteiger partial charge in [0.05, 0.1) is 17.6 Å². The molecule has 3 unspecified atom stereocenters. The van der Waals surface area contributed by atoms with E-state index in [1.807, 2.05) is 40.8 Å². The van der Waals surface area contributed by atoms with Crippen LogP contribution >= 0.6 is 0 Å². The van der Waals surface area contributed by atoms with Gasteiger partial charge in [-0.15, -0.1) is 0 Å². The molecule has 8 heteroatoms. The van der Waals surface area contributed by atoms with E-state index in [9.17, 15) is 14.0 Å². The van der Waals surface area contributed by atoms with Crippen LogP contribution in [0.15, 0.2) is 48.8 Å². The number of aromatic nitrogens is 2. The van der Waals surface area contributed by atoms with Crippen molar-refractivity contribution < 1.29 is 14.0 Å². The minimum absolute atomic E-state index is 0.0119. The molecule has 3 aromatic rings. The van der Waals surface area contributed by atoms with Gasteiger partial charge in [0, 0.05) is 24.3 Å². The summed E-state index contributed by atoms with van der Waals surface area (Å²) in [5.74, 6) is 0.430. The Bertz CT molecular complexity index is 1270. The van der Waals surface area contributed by atoms with E-state index >= 15 is 0 Å². The van der Waals surface area contributed by atoms with Gasteiger partial charge < -0.3 is 20.1 Å². The lowest BCUT2D eigenvalue weighted by atomic mass is 9.83. The van der Waals surface area contributed by atoms with Gasteiger partial charge in [-0.3, -0.25) is 9.59 Å². The SMILES string of the molecule is CNC(C)C(=O)NC(C(=O)N1CCCC1c1ccnc(-n2ccc3ccc(F)cc32)c1)C1CCCCC1. The quantitative estimate of drug-likeness (QED) is 0.496. The number of carbonyl (C=O) groups excluding carboxylic acids is 2. The van der Waals surface area contributed by atoms with Gasteiger partial charge in [-0.1, -0.05) is 19.3 Å². The second-order valence-electron chi connectivity index (χ2n) is 10.4. The molecule has 2 N–H and O–H groups in total. The molecule has 1 aromatic carbocycles. The van der Waals surface area contributed by atoms with Gasteiger partial charge in [-0.2, -0.15) is 0 Å². The van der Waals surface area contributed by atoms with Crippen molar-refractivity contribution in [2.75, 3.05) is 13.6 Å². The van der Waals surface area contributed by atoms with Crippen LogP contribution in [0, 0.1) is 11.7 Å². The van der Waals surface area contributed by atoms with Gasteiger partial charge in [-0.25, -0.2) is 9.37 Å². The van der Waals surface area contributed by atoms with Crippen LogP contribution < -0.4 is 10.6 Å². The van der Waals surface area contributed by atoms with Crippen LogP contribution in [0.3, 0.4) is 0 Å². The zero-order valence-electron chi connectivity index (χ0n) is 21.6. The number of fused-ring (bicyclic) bond motifs is 1. The molecule has 2 aromatic heterocycles. The third-order valence-electron chi connectivity index (χ3n) is 8.10. The topological polar surface area (TPSA) is 79.3 Å². The largest absolute Gasteiger partial charge is 0.343 e. The standard InChI is InChI=1S/C29H36FN5O2/c1-19(31-2)28(36)33-27(21-7-4-3-5-8-21)29(37)35-15-6-9-24(35)22-12-14-32-26(17-22)34-16-13-20-10-11-23(30)18-25(20)34/h10-14,16-19,21,24,27,31H,3-9,15H2,1-2H3,(H,33,36). The number of rotatable bonds is 7. The van der Waals surface area contributed by atoms with E-state index in [1.54, 1.807) is 19.3 Å². The number of hydrogen-bond donors (Lipinski definition) is 2. The van der Waals surface area contributed by atoms with E-state index in [0.29, 0.717) is 12.4 Å². The Morgan fingerprint density at radius 2 is 1.86 bits per heavy atom. The molecule has 1 saturated heterocycles. The summed E-state index contributed by atoms with van der Waals surface area (Å²) in [6, 6.07) is 9.67. The molecule has 3 atom stereocenters. The molecular weight excluding hydrogens is 469 g/mol. The first-order valence-electron chi connectivity index (χ1n) is 13.5. The fourth-order valence-corrected chi connectivity index (χ4v) is 5.89. The van der Waals surface area contributed by atoms with E-state index in [2.05, 4.69) is 15.6 Å². The summed E-state index contributed by atoms with van der Waals surface area (Å²) in [6.45, 7) is 2.48. The number of nitrogens with zero attached hydrogens (tertiary/aromatic N) is 3. The summed E-state index contributed by atoms with van der Waals surface area (Å²) in [7, 11) is 1.75. The first kappa shape index (κ1) is 25.4. The molecule has 5 rings (SSSR count). The van der Waals surface area contributed by atoms with Crippen molar-refractivity contribution in [2.24, 2.45) is 5.92 Å². The van der Waals surface area contributed by atoms with Crippen molar-refractivity contribution in [3.63, 3.8) is 0 Å². The van der Waals surface area contributed by atoms with Crippen LogP contribution in [-0.2, 0) is 9.59 Å². The zero-order valence-corrected chi connectivity index (χ0v) is 21.6. The normalized spacial score (nSPS) is 20.2. The van der Waals surface area contributed by atoms with E-state index in [0.717, 1.165) is 55.0 Å². The van der Waals surface area contributed by atoms with E-state index in [4.69, 9.17) is 0 Å². The first-order valence-corrected chi connectivity index (χ1v) is 13.5. The summed E-state index contributed by atoms with van der Waals surface area (Å²) >= 11 is 0. The molecule has 2 aliphatic rings. The van der Waals surface area contributed by atoms with E-state index < -0.39 is 6.04 Å². The van der Waals surface area contributed by atoms with Crippen LogP contribution in [-0.4, -0.2) is 51.9 Å². The van der Waals surface area contributed by atoms with Gasteiger partial charge in [0.1, 0.15) is 17.7 Å². The van der Waals surface area contributed by atoms with Crippen molar-refractivity contribution in [1.29, 1.82) is 0 Å². The Morgan fingerprint density at radius 3 is 2.65 bits per heavy atom. The van der Waals surface area contributed by atoms with Crippen LogP contribution in [0.5, 0.6) is 0 Å². The molecule has 0 radical (unpaired) electrons. The van der Waals surface area contributed by atoms with Gasteiger partial charge in [-0.05, 0) is 87.5 Å². The number of likely N-dealkylation sites (N-methyl/N-ethyl adjacent to an activating group) is 1. The first-order chi connectivity index (χ1) is 18.0. The molecule has 1 saturated carbocycles. The Balaban J connectivity index is 1.42. The van der Waals surface area contributed by atoms with Crippen LogP contribution in [0.25, 0.3) is 16.7 Å². The number of hydrogen-bond acceptors (Lipinski definition) is 4. The average Bonchev–Trinajstić information content (AvgIpc) is 3.59. The van der Waals surface area contributed by atoms with E-state index in [-0.39, 0.29) is 35.6 Å². The number of halogens is 1. The van der Waals surface area contributed by atoms with Crippen molar-refractivity contribution >= 4 is 22.7 Å². The van der Waals surface area contributed by atoms with Crippen LogP contribution in [0.4, 0.5) is 4.39 Å². The smallest absolute Gasteiger partial charge is 0.245 e. The highest BCUT2D eigenvalue weighted by Crippen LogP contribution is 2.35. The summed E-state index contributed by atoms with van der Waals surface area (Å²) in [6.07, 6.45) is 10.7. The summed E-state index contributed by atoms with van der Waals surface area (Å²) in [4.78, 5) is 33.4. The monoisotopic (exact) mass is 505 g/mol. The maximum atomic E-state index is 14.0. The van der Waals surface area contributed by atoms with Gasteiger partial charge in [0.2, 0.25) is 11.8 Å². The third kappa shape index (κ3) is 5.25. The van der Waals surface area contributed by atoms with Gasteiger partial charge >= 0.3 is 0 Å². The predicted molar refractivity (Wildman–Crippen MR) is 142 cm³/mol. The number of benzene rings is 1. The highest BCUT2D eigenvalue weighted by Gasteiger charge is 2.39. The minimum Gasteiger partial charge on any atom is -0.343 e. The molecule has 7 nitrogen and oxygen atoms in total. The van der Waals surface area contributed by atoms with Gasteiger partial charge in [0.25, 0.3) is 0 Å². The highest BCUT2D eigenvalue weighted by molar-refractivity contribution is 5.90. The number of carbonyl (C=O) groups is 2. The summed E-state index contributed by atoms with van der Waals surface area (Å²) < 4.78 is 15.8. The molecule has 37 heavy (non-hydrogen) atoms. The molecule has 0 bridgehead atoms. The second-order valence-corrected chi connectivity index (χ2v) is 10.4. The van der Waals surface area contributed by atoms with Crippen molar-refractivity contribution in [3.05, 3.63) is 60.2 Å². The predicted octanol–water partition coefficient (Wildman–Crippen LogP) is 4.50. The van der Waals surface area contributed by atoms with Gasteiger partial charge in [0.15, 0.2) is 0 Å². The molecule has 1 aliphatic heterocycles. The lowest BCUT2D eigenvalue weighted by Gasteiger charge is -2.35. The fourth-order valence-electron chi connectivity index (χ4n) is 5.89. The Morgan fingerprint density at radius 1 is 1.05 bits per heavy atom. The minimum atomic E-state index is -0.512. The third-order valence-corrected chi connectivity index (χ3v) is 8.10. The number of amides is 2. The number of likely N-dealkylation sites (tertiary alicyclic amines) is 1. The zero-order chi connectivity index (χ0) is 25.9. The van der Waals surface area contributed by atoms with E-state index in [1.165, 1.54) is 18.6 Å². The van der Waals surface area contributed by atoms with Crippen molar-refractivity contribution in [1.82, 2.24) is 25.1 Å². The maximum absolute atomic E-state index is 14.0. The molecule has 0 spiro atoms. The Hall–Kier alpha value is -3.26. The lowest BCUT2D eigenvalue weighted by molar-refractivity contribution is -0.139. The molecule has 196 valence electrons. The molecular formula is C29H36FN5O2. The lowest BCUT2D eigenvalue weighted by Crippen LogP contribution is -2.55. The summed E-state index contributed by atoms with van der Waals surface area (Å²) in [5.41, 5.74) is 1.76. The average molecular weight is 506 g/mol. The number of pyridine rings is 1. The van der Waals surface area contributed by atoms with Crippen molar-refractivity contribution in [3.8, 4) is 5.82 Å². The maximum Gasteiger partial charge on any atom is 0.245 e. The Labute approximate surface area is 217 Å². The highest BCUT2D eigenvalue weighted by atomic mass is 19.1. The molecule has 3 heterocycles. The summed E-state index contributed by atoms with van der Waals surface area (Å²) in [5, 5.41) is 7.02.